The summed E-state index contributed by atoms with van der Waals surface area (Å²) < 4.78 is 0. The Morgan fingerprint density at radius 1 is 1.45 bits per heavy atom. The number of pyridine rings is 1. The predicted molar refractivity (Wildman–Crippen MR) is 77.8 cm³/mol. The van der Waals surface area contributed by atoms with Crippen LogP contribution in [0.15, 0.2) is 30.5 Å². The number of aliphatic hydroxyl groups is 1. The lowest BCUT2D eigenvalue weighted by atomic mass is 10.1. The van der Waals surface area contributed by atoms with Crippen molar-refractivity contribution in [3.05, 3.63) is 40.6 Å². The first-order valence-electron chi connectivity index (χ1n) is 6.53. The topological polar surface area (TPSA) is 88.3 Å². The van der Waals surface area contributed by atoms with Crippen molar-refractivity contribution in [3.63, 3.8) is 0 Å². The number of hydrogen-bond donors (Lipinski definition) is 2. The van der Waals surface area contributed by atoms with Crippen molar-refractivity contribution in [3.8, 4) is 0 Å². The molecule has 0 aliphatic rings. The Balaban J connectivity index is 2.28. The fraction of sp³-hybridized carbons (Fsp3) is 0.357. The van der Waals surface area contributed by atoms with Crippen molar-refractivity contribution in [1.82, 2.24) is 4.98 Å². The third kappa shape index (κ3) is 3.21. The Morgan fingerprint density at radius 3 is 2.90 bits per heavy atom. The maximum Gasteiger partial charge on any atom is 0.311 e. The molecular weight excluding hydrogens is 258 g/mol. The van der Waals surface area contributed by atoms with Crippen molar-refractivity contribution in [2.75, 3.05) is 11.9 Å². The minimum absolute atomic E-state index is 0.0271. The van der Waals surface area contributed by atoms with Crippen LogP contribution >= 0.6 is 0 Å². The molecule has 2 rings (SSSR count). The smallest absolute Gasteiger partial charge is 0.311 e. The molecule has 0 saturated heterocycles. The van der Waals surface area contributed by atoms with Gasteiger partial charge >= 0.3 is 5.69 Å². The van der Waals surface area contributed by atoms with Crippen LogP contribution in [0.5, 0.6) is 0 Å². The highest BCUT2D eigenvalue weighted by molar-refractivity contribution is 5.95. The summed E-state index contributed by atoms with van der Waals surface area (Å²) in [7, 11) is 0. The molecule has 1 aromatic carbocycles. The number of hydrogen-bond acceptors (Lipinski definition) is 5. The second-order valence-electron chi connectivity index (χ2n) is 4.71. The molecule has 2 aromatic rings. The van der Waals surface area contributed by atoms with Crippen molar-refractivity contribution in [1.29, 1.82) is 0 Å². The molecule has 1 heterocycles. The lowest BCUT2D eigenvalue weighted by Gasteiger charge is -2.10. The minimum atomic E-state index is -0.434. The standard InChI is InChI=1S/C14H17N3O3/c1-10(18)5-4-8-15-14-11-6-2-3-7-12(11)16-9-13(14)17(19)20/h2-3,6-7,9-10,18H,4-5,8H2,1H3,(H,15,16). The fourth-order valence-corrected chi connectivity index (χ4v) is 2.07. The summed E-state index contributed by atoms with van der Waals surface area (Å²) in [6.07, 6.45) is 2.32. The first-order valence-corrected chi connectivity index (χ1v) is 6.53. The van der Waals surface area contributed by atoms with Crippen molar-refractivity contribution in [2.24, 2.45) is 0 Å². The predicted octanol–water partition coefficient (Wildman–Crippen LogP) is 2.72. The monoisotopic (exact) mass is 275 g/mol. The molecule has 20 heavy (non-hydrogen) atoms. The third-order valence-corrected chi connectivity index (χ3v) is 3.05. The van der Waals surface area contributed by atoms with Gasteiger partial charge in [0.2, 0.25) is 0 Å². The molecule has 1 aromatic heterocycles. The Bertz CT molecular complexity index is 614. The summed E-state index contributed by atoms with van der Waals surface area (Å²) in [6, 6.07) is 7.31. The Morgan fingerprint density at radius 2 is 2.20 bits per heavy atom. The molecule has 0 saturated carbocycles. The number of fused-ring (bicyclic) bond motifs is 1. The van der Waals surface area contributed by atoms with Crippen LogP contribution < -0.4 is 5.32 Å². The summed E-state index contributed by atoms with van der Waals surface area (Å²) in [6.45, 7) is 2.30. The van der Waals surface area contributed by atoms with E-state index in [2.05, 4.69) is 10.3 Å². The number of para-hydroxylation sites is 1. The number of aromatic nitrogens is 1. The number of nitro groups is 1. The van der Waals surface area contributed by atoms with E-state index >= 15 is 0 Å². The number of rotatable bonds is 6. The average Bonchev–Trinajstić information content (AvgIpc) is 2.42. The van der Waals surface area contributed by atoms with E-state index in [1.165, 1.54) is 6.20 Å². The number of nitrogens with zero attached hydrogens (tertiary/aromatic N) is 2. The van der Waals surface area contributed by atoms with Gasteiger partial charge in [0, 0.05) is 11.9 Å². The molecule has 0 aliphatic heterocycles. The van der Waals surface area contributed by atoms with Crippen LogP contribution in [-0.2, 0) is 0 Å². The first-order chi connectivity index (χ1) is 9.59. The number of aliphatic hydroxyl groups excluding tert-OH is 1. The lowest BCUT2D eigenvalue weighted by Crippen LogP contribution is -2.08. The van der Waals surface area contributed by atoms with Gasteiger partial charge in [0.05, 0.1) is 16.5 Å². The van der Waals surface area contributed by atoms with Gasteiger partial charge in [-0.2, -0.15) is 0 Å². The Labute approximate surface area is 116 Å². The second kappa shape index (κ2) is 6.29. The minimum Gasteiger partial charge on any atom is -0.393 e. The molecule has 0 radical (unpaired) electrons. The quantitative estimate of drug-likeness (QED) is 0.480. The molecule has 1 unspecified atom stereocenters. The zero-order chi connectivity index (χ0) is 14.5. The van der Waals surface area contributed by atoms with Crippen molar-refractivity contribution < 1.29 is 10.0 Å². The zero-order valence-corrected chi connectivity index (χ0v) is 11.2. The summed E-state index contributed by atoms with van der Waals surface area (Å²) >= 11 is 0. The molecule has 0 amide bonds. The van der Waals surface area contributed by atoms with Gasteiger partial charge in [0.25, 0.3) is 0 Å². The van der Waals surface area contributed by atoms with Gasteiger partial charge in [-0.3, -0.25) is 10.1 Å². The third-order valence-electron chi connectivity index (χ3n) is 3.05. The zero-order valence-electron chi connectivity index (χ0n) is 11.2. The Kier molecular flexibility index (Phi) is 4.47. The van der Waals surface area contributed by atoms with E-state index in [-0.39, 0.29) is 11.8 Å². The highest BCUT2D eigenvalue weighted by Crippen LogP contribution is 2.31. The van der Waals surface area contributed by atoms with E-state index in [0.717, 1.165) is 17.3 Å². The van der Waals surface area contributed by atoms with E-state index in [0.29, 0.717) is 18.7 Å². The first kappa shape index (κ1) is 14.2. The van der Waals surface area contributed by atoms with Crippen LogP contribution in [0.4, 0.5) is 11.4 Å². The normalized spacial score (nSPS) is 12.3. The summed E-state index contributed by atoms with van der Waals surface area (Å²) in [4.78, 5) is 14.8. The number of anilines is 1. The van der Waals surface area contributed by atoms with Crippen LogP contribution in [0, 0.1) is 10.1 Å². The van der Waals surface area contributed by atoms with Gasteiger partial charge in [-0.05, 0) is 25.8 Å². The fourth-order valence-electron chi connectivity index (χ4n) is 2.07. The molecule has 2 N–H and O–H groups in total. The van der Waals surface area contributed by atoms with Crippen LogP contribution in [0.1, 0.15) is 19.8 Å². The van der Waals surface area contributed by atoms with Gasteiger partial charge in [-0.15, -0.1) is 0 Å². The van der Waals surface area contributed by atoms with E-state index in [4.69, 9.17) is 0 Å². The van der Waals surface area contributed by atoms with E-state index in [1.54, 1.807) is 6.92 Å². The van der Waals surface area contributed by atoms with Crippen molar-refractivity contribution >= 4 is 22.3 Å². The largest absolute Gasteiger partial charge is 0.393 e. The van der Waals surface area contributed by atoms with Gasteiger partial charge in [-0.1, -0.05) is 18.2 Å². The van der Waals surface area contributed by atoms with Gasteiger partial charge < -0.3 is 10.4 Å². The van der Waals surface area contributed by atoms with Crippen molar-refractivity contribution in [2.45, 2.75) is 25.9 Å². The highest BCUT2D eigenvalue weighted by atomic mass is 16.6. The van der Waals surface area contributed by atoms with Crippen LogP contribution in [0.2, 0.25) is 0 Å². The van der Waals surface area contributed by atoms with E-state index in [9.17, 15) is 15.2 Å². The molecule has 1 atom stereocenters. The number of benzene rings is 1. The lowest BCUT2D eigenvalue weighted by molar-refractivity contribution is -0.384. The number of nitrogens with one attached hydrogen (secondary N) is 1. The second-order valence-corrected chi connectivity index (χ2v) is 4.71. The summed E-state index contributed by atoms with van der Waals surface area (Å²) in [5, 5.41) is 24.1. The van der Waals surface area contributed by atoms with Gasteiger partial charge in [0.15, 0.2) is 0 Å². The van der Waals surface area contributed by atoms with E-state index < -0.39 is 4.92 Å². The molecule has 6 nitrogen and oxygen atoms in total. The Hall–Kier alpha value is -2.21. The molecule has 0 fully saturated rings. The average molecular weight is 275 g/mol. The van der Waals surface area contributed by atoms with Gasteiger partial charge in [0.1, 0.15) is 11.9 Å². The van der Waals surface area contributed by atoms with Crippen LogP contribution in [-0.4, -0.2) is 27.7 Å². The molecule has 106 valence electrons. The maximum absolute atomic E-state index is 11.1. The SMILES string of the molecule is CC(O)CCCNc1c([N+](=O)[O-])cnc2ccccc12. The molecular formula is C14H17N3O3. The highest BCUT2D eigenvalue weighted by Gasteiger charge is 2.17. The molecule has 0 spiro atoms. The summed E-state index contributed by atoms with van der Waals surface area (Å²) in [5.41, 5.74) is 1.18. The van der Waals surface area contributed by atoms with E-state index in [1.807, 2.05) is 24.3 Å². The molecule has 6 heteroatoms. The van der Waals surface area contributed by atoms with Gasteiger partial charge in [-0.25, -0.2) is 4.98 Å². The molecule has 0 bridgehead atoms. The molecule has 0 aliphatic carbocycles. The van der Waals surface area contributed by atoms with Crippen LogP contribution in [0.25, 0.3) is 10.9 Å². The maximum atomic E-state index is 11.1. The summed E-state index contributed by atoms with van der Waals surface area (Å²) in [5.74, 6) is 0. The van der Waals surface area contributed by atoms with Crippen LogP contribution in [0.3, 0.4) is 0 Å².